The number of nitrogens with one attached hydrogen (secondary N) is 1. The maximum absolute atomic E-state index is 13.2. The van der Waals surface area contributed by atoms with Gasteiger partial charge in [-0.1, -0.05) is 18.2 Å². The first kappa shape index (κ1) is 15.5. The van der Waals surface area contributed by atoms with Crippen LogP contribution in [0.1, 0.15) is 17.2 Å². The number of hydrogen-bond acceptors (Lipinski definition) is 3. The van der Waals surface area contributed by atoms with Crippen molar-refractivity contribution in [3.8, 4) is 0 Å². The van der Waals surface area contributed by atoms with Crippen molar-refractivity contribution in [1.82, 2.24) is 0 Å². The summed E-state index contributed by atoms with van der Waals surface area (Å²) in [6, 6.07) is 11.1. The van der Waals surface area contributed by atoms with E-state index < -0.39 is 12.0 Å². The molecule has 0 spiro atoms. The highest BCUT2D eigenvalue weighted by Gasteiger charge is 2.23. The first-order valence-electron chi connectivity index (χ1n) is 6.38. The Kier molecular flexibility index (Phi) is 4.96. The van der Waals surface area contributed by atoms with Gasteiger partial charge in [0.25, 0.3) is 0 Å². The summed E-state index contributed by atoms with van der Waals surface area (Å²) >= 11 is 3.42. The van der Waals surface area contributed by atoms with Gasteiger partial charge in [-0.15, -0.1) is 0 Å². The minimum absolute atomic E-state index is 0.333. The quantitative estimate of drug-likeness (QED) is 0.838. The fraction of sp³-hybridized carbons (Fsp3) is 0.188. The average molecular weight is 352 g/mol. The minimum Gasteiger partial charge on any atom is -0.467 e. The predicted molar refractivity (Wildman–Crippen MR) is 83.7 cm³/mol. The van der Waals surface area contributed by atoms with E-state index in [1.165, 1.54) is 19.2 Å². The highest BCUT2D eigenvalue weighted by atomic mass is 79.9. The molecule has 21 heavy (non-hydrogen) atoms. The van der Waals surface area contributed by atoms with Crippen LogP contribution in [0.25, 0.3) is 0 Å². The summed E-state index contributed by atoms with van der Waals surface area (Å²) in [6.07, 6.45) is 0. The number of rotatable bonds is 4. The van der Waals surface area contributed by atoms with E-state index in [9.17, 15) is 9.18 Å². The van der Waals surface area contributed by atoms with Gasteiger partial charge in [0, 0.05) is 10.2 Å². The van der Waals surface area contributed by atoms with Gasteiger partial charge in [-0.25, -0.2) is 9.18 Å². The Hall–Kier alpha value is -1.88. The van der Waals surface area contributed by atoms with Crippen LogP contribution in [-0.4, -0.2) is 13.1 Å². The lowest BCUT2D eigenvalue weighted by atomic mass is 10.0. The average Bonchev–Trinajstić information content (AvgIpc) is 2.46. The lowest BCUT2D eigenvalue weighted by Gasteiger charge is -2.20. The lowest BCUT2D eigenvalue weighted by Crippen LogP contribution is -2.23. The van der Waals surface area contributed by atoms with Crippen LogP contribution in [0.3, 0.4) is 0 Å². The molecule has 2 aromatic rings. The summed E-state index contributed by atoms with van der Waals surface area (Å²) < 4.78 is 18.9. The molecule has 2 aromatic carbocycles. The summed E-state index contributed by atoms with van der Waals surface area (Å²) in [7, 11) is 1.33. The van der Waals surface area contributed by atoms with Crippen molar-refractivity contribution in [3.63, 3.8) is 0 Å². The summed E-state index contributed by atoms with van der Waals surface area (Å²) in [5.74, 6) is -0.763. The molecule has 0 saturated carbocycles. The molecule has 0 fully saturated rings. The Morgan fingerprint density at radius 1 is 1.29 bits per heavy atom. The number of ether oxygens (including phenoxy) is 1. The largest absolute Gasteiger partial charge is 0.467 e. The monoisotopic (exact) mass is 351 g/mol. The normalized spacial score (nSPS) is 11.8. The number of carbonyl (C=O) groups excluding carboxylic acids is 1. The van der Waals surface area contributed by atoms with E-state index in [1.807, 2.05) is 24.3 Å². The maximum atomic E-state index is 13.2. The van der Waals surface area contributed by atoms with Crippen molar-refractivity contribution in [2.75, 3.05) is 12.4 Å². The number of esters is 1. The summed E-state index contributed by atoms with van der Waals surface area (Å²) in [6.45, 7) is 1.76. The van der Waals surface area contributed by atoms with Crippen molar-refractivity contribution < 1.29 is 13.9 Å². The van der Waals surface area contributed by atoms with Gasteiger partial charge in [0.05, 0.1) is 7.11 Å². The molecular formula is C16H15BrFNO2. The second-order valence-corrected chi connectivity index (χ2v) is 5.44. The summed E-state index contributed by atoms with van der Waals surface area (Å²) in [5.41, 5.74) is 2.13. The Labute approximate surface area is 131 Å². The first-order valence-corrected chi connectivity index (χ1v) is 7.17. The molecule has 1 N–H and O–H groups in total. The smallest absolute Gasteiger partial charge is 0.332 e. The number of methoxy groups -OCH3 is 1. The van der Waals surface area contributed by atoms with Crippen molar-refractivity contribution in [3.05, 3.63) is 63.9 Å². The Balaban J connectivity index is 2.40. The molecule has 0 aliphatic carbocycles. The number of hydrogen-bond donors (Lipinski definition) is 1. The zero-order valence-corrected chi connectivity index (χ0v) is 13.3. The zero-order chi connectivity index (χ0) is 15.4. The topological polar surface area (TPSA) is 38.3 Å². The maximum Gasteiger partial charge on any atom is 0.332 e. The molecule has 0 saturated heterocycles. The number of para-hydroxylation sites is 1. The van der Waals surface area contributed by atoms with E-state index in [0.29, 0.717) is 11.1 Å². The highest BCUT2D eigenvalue weighted by molar-refractivity contribution is 9.10. The number of carbonyl (C=O) groups is 1. The van der Waals surface area contributed by atoms with Crippen LogP contribution < -0.4 is 5.32 Å². The van der Waals surface area contributed by atoms with Gasteiger partial charge in [-0.3, -0.25) is 0 Å². The number of aryl methyl sites for hydroxylation is 1. The van der Waals surface area contributed by atoms with E-state index in [4.69, 9.17) is 4.74 Å². The molecule has 0 radical (unpaired) electrons. The Bertz CT molecular complexity index is 660. The van der Waals surface area contributed by atoms with E-state index in [-0.39, 0.29) is 5.82 Å². The molecule has 1 atom stereocenters. The Morgan fingerprint density at radius 3 is 2.62 bits per heavy atom. The van der Waals surface area contributed by atoms with Crippen LogP contribution in [0, 0.1) is 12.7 Å². The highest BCUT2D eigenvalue weighted by Crippen LogP contribution is 2.28. The van der Waals surface area contributed by atoms with Gasteiger partial charge in [-0.2, -0.15) is 0 Å². The molecule has 5 heteroatoms. The molecule has 0 aromatic heterocycles. The van der Waals surface area contributed by atoms with Crippen LogP contribution in [-0.2, 0) is 9.53 Å². The van der Waals surface area contributed by atoms with Gasteiger partial charge in [0.15, 0.2) is 6.04 Å². The fourth-order valence-corrected chi connectivity index (χ4v) is 2.48. The SMILES string of the molecule is COC(=O)C(Nc1ccccc1Br)c1ccc(F)cc1C. The van der Waals surface area contributed by atoms with Gasteiger partial charge in [0.2, 0.25) is 0 Å². The van der Waals surface area contributed by atoms with E-state index in [0.717, 1.165) is 10.2 Å². The second kappa shape index (κ2) is 6.72. The first-order chi connectivity index (χ1) is 10.0. The number of anilines is 1. The van der Waals surface area contributed by atoms with Crippen LogP contribution in [0.4, 0.5) is 10.1 Å². The molecule has 0 aliphatic heterocycles. The van der Waals surface area contributed by atoms with Gasteiger partial charge >= 0.3 is 5.97 Å². The van der Waals surface area contributed by atoms with Crippen molar-refractivity contribution in [1.29, 1.82) is 0 Å². The molecule has 2 rings (SSSR count). The summed E-state index contributed by atoms with van der Waals surface area (Å²) in [4.78, 5) is 12.1. The molecule has 3 nitrogen and oxygen atoms in total. The third kappa shape index (κ3) is 3.61. The van der Waals surface area contributed by atoms with Gasteiger partial charge < -0.3 is 10.1 Å². The molecule has 0 heterocycles. The minimum atomic E-state index is -0.700. The predicted octanol–water partition coefficient (Wildman–Crippen LogP) is 4.22. The van der Waals surface area contributed by atoms with Crippen LogP contribution in [0.5, 0.6) is 0 Å². The van der Waals surface area contributed by atoms with Crippen LogP contribution in [0.2, 0.25) is 0 Å². The van der Waals surface area contributed by atoms with Crippen molar-refractivity contribution in [2.24, 2.45) is 0 Å². The van der Waals surface area contributed by atoms with Crippen LogP contribution >= 0.6 is 15.9 Å². The van der Waals surface area contributed by atoms with E-state index >= 15 is 0 Å². The zero-order valence-electron chi connectivity index (χ0n) is 11.7. The van der Waals surface area contributed by atoms with E-state index in [2.05, 4.69) is 21.2 Å². The van der Waals surface area contributed by atoms with E-state index in [1.54, 1.807) is 13.0 Å². The molecule has 0 amide bonds. The summed E-state index contributed by atoms with van der Waals surface area (Å²) in [5, 5.41) is 3.13. The number of halogens is 2. The lowest BCUT2D eigenvalue weighted by molar-refractivity contribution is -0.141. The van der Waals surface area contributed by atoms with Gasteiger partial charge in [-0.05, 0) is 58.2 Å². The standard InChI is InChI=1S/C16H15BrFNO2/c1-10-9-11(18)7-8-12(10)15(16(20)21-2)19-14-6-4-3-5-13(14)17/h3-9,15,19H,1-2H3. The van der Waals surface area contributed by atoms with Gasteiger partial charge in [0.1, 0.15) is 5.82 Å². The second-order valence-electron chi connectivity index (χ2n) is 4.58. The third-order valence-electron chi connectivity index (χ3n) is 3.15. The third-order valence-corrected chi connectivity index (χ3v) is 3.84. The molecule has 110 valence electrons. The molecule has 0 bridgehead atoms. The Morgan fingerprint density at radius 2 is 2.00 bits per heavy atom. The van der Waals surface area contributed by atoms with Crippen molar-refractivity contribution in [2.45, 2.75) is 13.0 Å². The molecule has 1 unspecified atom stereocenters. The van der Waals surface area contributed by atoms with Crippen molar-refractivity contribution >= 4 is 27.6 Å². The number of benzene rings is 2. The molecule has 0 aliphatic rings. The van der Waals surface area contributed by atoms with Crippen LogP contribution in [0.15, 0.2) is 46.9 Å². The fourth-order valence-electron chi connectivity index (χ4n) is 2.08. The molecular weight excluding hydrogens is 337 g/mol.